The zero-order valence-electron chi connectivity index (χ0n) is 14.1. The second-order valence-electron chi connectivity index (χ2n) is 7.73. The lowest BCUT2D eigenvalue weighted by Crippen LogP contribution is -2.46. The maximum Gasteiger partial charge on any atom is 0.0943 e. The van der Waals surface area contributed by atoms with Crippen molar-refractivity contribution < 1.29 is 5.11 Å². The lowest BCUT2D eigenvalue weighted by molar-refractivity contribution is 0.111. The fourth-order valence-corrected chi connectivity index (χ4v) is 2.37. The number of hydrogen-bond donors (Lipinski definition) is 2. The van der Waals surface area contributed by atoms with Gasteiger partial charge in [-0.1, -0.05) is 52.0 Å². The van der Waals surface area contributed by atoms with Crippen molar-refractivity contribution in [1.82, 2.24) is 5.32 Å². The molecule has 0 spiro atoms. The van der Waals surface area contributed by atoms with Gasteiger partial charge in [-0.25, -0.2) is 0 Å². The van der Waals surface area contributed by atoms with Crippen molar-refractivity contribution in [3.05, 3.63) is 35.4 Å². The first kappa shape index (κ1) is 17.2. The van der Waals surface area contributed by atoms with Gasteiger partial charge < -0.3 is 10.4 Å². The highest BCUT2D eigenvalue weighted by Gasteiger charge is 2.24. The van der Waals surface area contributed by atoms with E-state index in [0.29, 0.717) is 0 Å². The summed E-state index contributed by atoms with van der Waals surface area (Å²) in [5.41, 5.74) is 2.44. The first-order valence-corrected chi connectivity index (χ1v) is 7.61. The third kappa shape index (κ3) is 4.92. The van der Waals surface area contributed by atoms with Crippen LogP contribution in [0.1, 0.15) is 72.1 Å². The van der Waals surface area contributed by atoms with Gasteiger partial charge in [0.05, 0.1) is 6.10 Å². The number of rotatable bonds is 4. The minimum Gasteiger partial charge on any atom is -0.387 e. The van der Waals surface area contributed by atoms with E-state index in [-0.39, 0.29) is 17.0 Å². The Labute approximate surface area is 124 Å². The van der Waals surface area contributed by atoms with Gasteiger partial charge >= 0.3 is 0 Å². The van der Waals surface area contributed by atoms with Crippen LogP contribution in [0, 0.1) is 0 Å². The highest BCUT2D eigenvalue weighted by atomic mass is 16.3. The maximum absolute atomic E-state index is 10.6. The molecule has 2 heteroatoms. The molecule has 1 aromatic carbocycles. The number of nitrogens with one attached hydrogen (secondary N) is 1. The van der Waals surface area contributed by atoms with Gasteiger partial charge in [0.2, 0.25) is 0 Å². The van der Waals surface area contributed by atoms with Crippen LogP contribution >= 0.6 is 0 Å². The van der Waals surface area contributed by atoms with Crippen molar-refractivity contribution in [3.8, 4) is 0 Å². The SMILES string of the molecule is CCC(NC(C)(C)C)C(O)c1ccc(C(C)(C)C)cc1. The van der Waals surface area contributed by atoms with E-state index in [4.69, 9.17) is 0 Å². The van der Waals surface area contributed by atoms with E-state index in [1.807, 2.05) is 0 Å². The first-order chi connectivity index (χ1) is 9.04. The molecule has 1 aromatic rings. The largest absolute Gasteiger partial charge is 0.387 e. The molecule has 2 unspecified atom stereocenters. The smallest absolute Gasteiger partial charge is 0.0943 e. The summed E-state index contributed by atoms with van der Waals surface area (Å²) in [5, 5.41) is 14.1. The monoisotopic (exact) mass is 277 g/mol. The Kier molecular flexibility index (Phi) is 5.39. The topological polar surface area (TPSA) is 32.3 Å². The molecule has 0 aliphatic carbocycles. The third-order valence-corrected chi connectivity index (χ3v) is 3.56. The Morgan fingerprint density at radius 2 is 1.50 bits per heavy atom. The molecule has 0 saturated carbocycles. The molecule has 0 bridgehead atoms. The van der Waals surface area contributed by atoms with E-state index in [1.54, 1.807) is 0 Å². The average molecular weight is 277 g/mol. The van der Waals surface area contributed by atoms with Gasteiger partial charge in [0.25, 0.3) is 0 Å². The summed E-state index contributed by atoms with van der Waals surface area (Å²) >= 11 is 0. The van der Waals surface area contributed by atoms with E-state index in [2.05, 4.69) is 78.0 Å². The molecule has 0 radical (unpaired) electrons. The van der Waals surface area contributed by atoms with Crippen LogP contribution in [-0.4, -0.2) is 16.7 Å². The van der Waals surface area contributed by atoms with Gasteiger partial charge in [-0.15, -0.1) is 0 Å². The highest BCUT2D eigenvalue weighted by Crippen LogP contribution is 2.26. The Morgan fingerprint density at radius 3 is 1.85 bits per heavy atom. The molecule has 0 fully saturated rings. The second kappa shape index (κ2) is 6.28. The fourth-order valence-electron chi connectivity index (χ4n) is 2.37. The Hall–Kier alpha value is -0.860. The summed E-state index contributed by atoms with van der Waals surface area (Å²) in [7, 11) is 0. The average Bonchev–Trinajstić information content (AvgIpc) is 2.33. The van der Waals surface area contributed by atoms with Crippen LogP contribution in [-0.2, 0) is 5.41 Å². The first-order valence-electron chi connectivity index (χ1n) is 7.61. The van der Waals surface area contributed by atoms with Crippen molar-refractivity contribution in [3.63, 3.8) is 0 Å². The fraction of sp³-hybridized carbons (Fsp3) is 0.667. The Morgan fingerprint density at radius 1 is 1.00 bits per heavy atom. The van der Waals surface area contributed by atoms with Crippen molar-refractivity contribution in [1.29, 1.82) is 0 Å². The molecule has 0 saturated heterocycles. The van der Waals surface area contributed by atoms with E-state index in [9.17, 15) is 5.11 Å². The van der Waals surface area contributed by atoms with Crippen molar-refractivity contribution in [2.75, 3.05) is 0 Å². The summed E-state index contributed by atoms with van der Waals surface area (Å²) in [6.45, 7) is 15.1. The summed E-state index contributed by atoms with van der Waals surface area (Å²) < 4.78 is 0. The molecule has 2 N–H and O–H groups in total. The van der Waals surface area contributed by atoms with E-state index in [0.717, 1.165) is 12.0 Å². The van der Waals surface area contributed by atoms with Gasteiger partial charge in [-0.2, -0.15) is 0 Å². The number of aliphatic hydroxyl groups excluding tert-OH is 1. The van der Waals surface area contributed by atoms with Crippen LogP contribution in [0.2, 0.25) is 0 Å². The highest BCUT2D eigenvalue weighted by molar-refractivity contribution is 5.29. The normalized spacial score (nSPS) is 16.0. The van der Waals surface area contributed by atoms with E-state index in [1.165, 1.54) is 5.56 Å². The summed E-state index contributed by atoms with van der Waals surface area (Å²) in [5.74, 6) is 0. The molecule has 0 aliphatic heterocycles. The Balaban J connectivity index is 2.88. The maximum atomic E-state index is 10.6. The van der Waals surface area contributed by atoms with Crippen LogP contribution in [0.3, 0.4) is 0 Å². The van der Waals surface area contributed by atoms with Crippen LogP contribution < -0.4 is 5.32 Å². The van der Waals surface area contributed by atoms with Crippen LogP contribution in [0.15, 0.2) is 24.3 Å². The standard InChI is InChI=1S/C18H31NO/c1-8-15(19-18(5,6)7)16(20)13-9-11-14(12-10-13)17(2,3)4/h9-12,15-16,19-20H,8H2,1-7H3. The zero-order chi connectivity index (χ0) is 15.6. The predicted molar refractivity (Wildman–Crippen MR) is 87.1 cm³/mol. The second-order valence-corrected chi connectivity index (χ2v) is 7.73. The summed E-state index contributed by atoms with van der Waals surface area (Å²) in [6.07, 6.45) is 0.438. The van der Waals surface area contributed by atoms with Gasteiger partial charge in [0.15, 0.2) is 0 Å². The zero-order valence-corrected chi connectivity index (χ0v) is 14.1. The molecule has 0 aliphatic rings. The molecule has 1 rings (SSSR count). The lowest BCUT2D eigenvalue weighted by Gasteiger charge is -2.31. The van der Waals surface area contributed by atoms with Crippen LogP contribution in [0.5, 0.6) is 0 Å². The summed E-state index contributed by atoms with van der Waals surface area (Å²) in [4.78, 5) is 0. The van der Waals surface area contributed by atoms with E-state index < -0.39 is 6.10 Å². The molecular formula is C18H31NO. The molecule has 114 valence electrons. The van der Waals surface area contributed by atoms with Crippen molar-refractivity contribution in [2.45, 2.75) is 78.0 Å². The summed E-state index contributed by atoms with van der Waals surface area (Å²) in [6, 6.07) is 8.44. The molecule has 0 amide bonds. The molecule has 20 heavy (non-hydrogen) atoms. The molecule has 0 heterocycles. The lowest BCUT2D eigenvalue weighted by atomic mass is 9.86. The molecule has 0 aromatic heterocycles. The predicted octanol–water partition coefficient (Wildman–Crippen LogP) is 4.18. The molecule has 2 atom stereocenters. The third-order valence-electron chi connectivity index (χ3n) is 3.56. The van der Waals surface area contributed by atoms with E-state index >= 15 is 0 Å². The molecular weight excluding hydrogens is 246 g/mol. The van der Waals surface area contributed by atoms with Gasteiger partial charge in [-0.3, -0.25) is 0 Å². The Bertz CT molecular complexity index is 409. The van der Waals surface area contributed by atoms with Gasteiger partial charge in [-0.05, 0) is 43.7 Å². The van der Waals surface area contributed by atoms with Gasteiger partial charge in [0, 0.05) is 11.6 Å². The van der Waals surface area contributed by atoms with Crippen molar-refractivity contribution in [2.24, 2.45) is 0 Å². The van der Waals surface area contributed by atoms with Crippen LogP contribution in [0.4, 0.5) is 0 Å². The van der Waals surface area contributed by atoms with Crippen molar-refractivity contribution >= 4 is 0 Å². The minimum atomic E-state index is -0.465. The minimum absolute atomic E-state index is 0.00695. The number of benzene rings is 1. The van der Waals surface area contributed by atoms with Gasteiger partial charge in [0.1, 0.15) is 0 Å². The number of aliphatic hydroxyl groups is 1. The van der Waals surface area contributed by atoms with Crippen LogP contribution in [0.25, 0.3) is 0 Å². The number of hydrogen-bond acceptors (Lipinski definition) is 2. The molecule has 2 nitrogen and oxygen atoms in total. The quantitative estimate of drug-likeness (QED) is 0.865.